The van der Waals surface area contributed by atoms with Crippen molar-refractivity contribution in [1.29, 1.82) is 0 Å². The molecule has 28 heavy (non-hydrogen) atoms. The summed E-state index contributed by atoms with van der Waals surface area (Å²) in [4.78, 5) is 25.2. The molecular formula is C17H21BrN8O2. The highest BCUT2D eigenvalue weighted by Gasteiger charge is 2.24. The van der Waals surface area contributed by atoms with Gasteiger partial charge < -0.3 is 9.64 Å². The number of aryl methyl sites for hydroxylation is 1. The van der Waals surface area contributed by atoms with Crippen molar-refractivity contribution in [2.75, 3.05) is 38.2 Å². The van der Waals surface area contributed by atoms with Gasteiger partial charge in [-0.2, -0.15) is 10.2 Å². The summed E-state index contributed by atoms with van der Waals surface area (Å²) >= 11 is 3.44. The normalized spacial score (nSPS) is 15.4. The van der Waals surface area contributed by atoms with Crippen molar-refractivity contribution < 1.29 is 9.53 Å². The Hall–Kier alpha value is -2.53. The van der Waals surface area contributed by atoms with Crippen molar-refractivity contribution in [3.05, 3.63) is 28.4 Å². The topological polar surface area (TPSA) is 94.2 Å². The zero-order valence-electron chi connectivity index (χ0n) is 16.0. The standard InChI is InChI=1S/C17H21BrN8O2/c1-11-13(18)14(17(27)28-3)22-26(11)10-24-4-6-25(7-5-24)16-12-8-21-23(2)15(12)19-9-20-16/h8-9H,4-7,10H2,1-3H3. The largest absolute Gasteiger partial charge is 0.464 e. The number of halogens is 1. The van der Waals surface area contributed by atoms with Gasteiger partial charge in [-0.15, -0.1) is 0 Å². The number of hydrogen-bond acceptors (Lipinski definition) is 8. The molecule has 3 aromatic rings. The molecule has 0 aromatic carbocycles. The van der Waals surface area contributed by atoms with Crippen LogP contribution in [0, 0.1) is 6.92 Å². The Kier molecular flexibility index (Phi) is 5.02. The Bertz CT molecular complexity index is 1020. The molecule has 0 radical (unpaired) electrons. The van der Waals surface area contributed by atoms with Crippen LogP contribution in [-0.2, 0) is 18.5 Å². The Morgan fingerprint density at radius 1 is 1.25 bits per heavy atom. The summed E-state index contributed by atoms with van der Waals surface area (Å²) in [7, 11) is 3.24. The second-order valence-corrected chi connectivity index (χ2v) is 7.48. The first kappa shape index (κ1) is 18.8. The molecule has 4 rings (SSSR count). The van der Waals surface area contributed by atoms with E-state index in [1.165, 1.54) is 7.11 Å². The second kappa shape index (κ2) is 7.47. The van der Waals surface area contributed by atoms with Gasteiger partial charge in [0.1, 0.15) is 12.1 Å². The first-order valence-electron chi connectivity index (χ1n) is 8.90. The summed E-state index contributed by atoms with van der Waals surface area (Å²) in [6.07, 6.45) is 3.40. The van der Waals surface area contributed by atoms with E-state index in [9.17, 15) is 4.79 Å². The van der Waals surface area contributed by atoms with Crippen LogP contribution in [0.5, 0.6) is 0 Å². The van der Waals surface area contributed by atoms with E-state index in [1.54, 1.807) is 11.0 Å². The van der Waals surface area contributed by atoms with Gasteiger partial charge in [-0.25, -0.2) is 14.8 Å². The smallest absolute Gasteiger partial charge is 0.359 e. The molecule has 0 bridgehead atoms. The highest BCUT2D eigenvalue weighted by atomic mass is 79.9. The molecule has 0 atom stereocenters. The highest BCUT2D eigenvalue weighted by Crippen LogP contribution is 2.24. The predicted molar refractivity (Wildman–Crippen MR) is 106 cm³/mol. The van der Waals surface area contributed by atoms with Crippen molar-refractivity contribution in [2.24, 2.45) is 7.05 Å². The second-order valence-electron chi connectivity index (χ2n) is 6.69. The van der Waals surface area contributed by atoms with Gasteiger partial charge in [0.05, 0.1) is 35.5 Å². The van der Waals surface area contributed by atoms with Crippen LogP contribution in [0.2, 0.25) is 0 Å². The summed E-state index contributed by atoms with van der Waals surface area (Å²) in [6, 6.07) is 0. The molecule has 0 N–H and O–H groups in total. The number of carbonyl (C=O) groups is 1. The van der Waals surface area contributed by atoms with E-state index < -0.39 is 5.97 Å². The maximum absolute atomic E-state index is 11.8. The van der Waals surface area contributed by atoms with Crippen LogP contribution in [0.15, 0.2) is 17.0 Å². The third-order valence-electron chi connectivity index (χ3n) is 5.03. The van der Waals surface area contributed by atoms with Crippen LogP contribution in [0.4, 0.5) is 5.82 Å². The number of esters is 1. The summed E-state index contributed by atoms with van der Waals surface area (Å²) in [5, 5.41) is 9.66. The van der Waals surface area contributed by atoms with E-state index in [-0.39, 0.29) is 0 Å². The molecule has 0 spiro atoms. The number of rotatable bonds is 4. The minimum Gasteiger partial charge on any atom is -0.464 e. The van der Waals surface area contributed by atoms with Gasteiger partial charge in [0.2, 0.25) is 0 Å². The molecule has 0 saturated carbocycles. The molecular weight excluding hydrogens is 428 g/mol. The SMILES string of the molecule is COC(=O)c1nn(CN2CCN(c3ncnc4c3cnn4C)CC2)c(C)c1Br. The van der Waals surface area contributed by atoms with Crippen molar-refractivity contribution in [1.82, 2.24) is 34.4 Å². The number of fused-ring (bicyclic) bond motifs is 1. The van der Waals surface area contributed by atoms with Crippen molar-refractivity contribution in [3.8, 4) is 0 Å². The third kappa shape index (κ3) is 3.24. The lowest BCUT2D eigenvalue weighted by molar-refractivity contribution is 0.0591. The lowest BCUT2D eigenvalue weighted by Gasteiger charge is -2.35. The lowest BCUT2D eigenvalue weighted by Crippen LogP contribution is -2.47. The zero-order valence-corrected chi connectivity index (χ0v) is 17.5. The van der Waals surface area contributed by atoms with Crippen molar-refractivity contribution >= 4 is 38.8 Å². The van der Waals surface area contributed by atoms with Crippen LogP contribution in [0.1, 0.15) is 16.2 Å². The summed E-state index contributed by atoms with van der Waals surface area (Å²) < 4.78 is 9.06. The number of anilines is 1. The lowest BCUT2D eigenvalue weighted by atomic mass is 10.3. The van der Waals surface area contributed by atoms with Crippen LogP contribution < -0.4 is 4.90 Å². The van der Waals surface area contributed by atoms with Gasteiger partial charge in [-0.1, -0.05) is 0 Å². The average molecular weight is 449 g/mol. The van der Waals surface area contributed by atoms with Crippen molar-refractivity contribution in [3.63, 3.8) is 0 Å². The number of nitrogens with zero attached hydrogens (tertiary/aromatic N) is 8. The fourth-order valence-electron chi connectivity index (χ4n) is 3.38. The Labute approximate surface area is 170 Å². The minimum absolute atomic E-state index is 0.304. The average Bonchev–Trinajstić information content (AvgIpc) is 3.23. The first-order chi connectivity index (χ1) is 13.5. The van der Waals surface area contributed by atoms with E-state index in [2.05, 4.69) is 45.9 Å². The molecule has 0 aliphatic carbocycles. The molecule has 0 amide bonds. The molecule has 11 heteroatoms. The molecule has 0 unspecified atom stereocenters. The minimum atomic E-state index is -0.442. The maximum Gasteiger partial charge on any atom is 0.359 e. The van der Waals surface area contributed by atoms with Crippen LogP contribution >= 0.6 is 15.9 Å². The fourth-order valence-corrected chi connectivity index (χ4v) is 3.83. The van der Waals surface area contributed by atoms with Gasteiger partial charge in [-0.3, -0.25) is 14.3 Å². The van der Waals surface area contributed by atoms with E-state index in [1.807, 2.05) is 24.9 Å². The highest BCUT2D eigenvalue weighted by molar-refractivity contribution is 9.10. The van der Waals surface area contributed by atoms with Crippen LogP contribution in [-0.4, -0.2) is 73.7 Å². The summed E-state index contributed by atoms with van der Waals surface area (Å²) in [5.41, 5.74) is 2.04. The molecule has 1 aliphatic rings. The van der Waals surface area contributed by atoms with E-state index in [0.29, 0.717) is 16.8 Å². The van der Waals surface area contributed by atoms with E-state index >= 15 is 0 Å². The number of carbonyl (C=O) groups excluding carboxylic acids is 1. The Morgan fingerprint density at radius 3 is 2.71 bits per heavy atom. The maximum atomic E-state index is 11.8. The first-order valence-corrected chi connectivity index (χ1v) is 9.70. The number of methoxy groups -OCH3 is 1. The monoisotopic (exact) mass is 448 g/mol. The molecule has 10 nitrogen and oxygen atoms in total. The van der Waals surface area contributed by atoms with Gasteiger partial charge in [-0.05, 0) is 22.9 Å². The van der Waals surface area contributed by atoms with Gasteiger partial charge in [0.25, 0.3) is 0 Å². The Morgan fingerprint density at radius 2 is 2.00 bits per heavy atom. The number of ether oxygens (including phenoxy) is 1. The number of aromatic nitrogens is 6. The molecule has 4 heterocycles. The molecule has 1 fully saturated rings. The molecule has 1 saturated heterocycles. The van der Waals surface area contributed by atoms with Gasteiger partial charge in [0, 0.05) is 33.2 Å². The molecule has 1 aliphatic heterocycles. The molecule has 3 aromatic heterocycles. The fraction of sp³-hybridized carbons (Fsp3) is 0.471. The number of piperazine rings is 1. The van der Waals surface area contributed by atoms with Crippen molar-refractivity contribution in [2.45, 2.75) is 13.6 Å². The zero-order chi connectivity index (χ0) is 19.8. The quantitative estimate of drug-likeness (QED) is 0.549. The number of hydrogen-bond donors (Lipinski definition) is 0. The third-order valence-corrected chi connectivity index (χ3v) is 5.98. The Balaban J connectivity index is 1.46. The van der Waals surface area contributed by atoms with Crippen LogP contribution in [0.3, 0.4) is 0 Å². The van der Waals surface area contributed by atoms with E-state index in [4.69, 9.17) is 4.74 Å². The summed E-state index contributed by atoms with van der Waals surface area (Å²) in [5.74, 6) is 0.478. The van der Waals surface area contributed by atoms with Crippen LogP contribution in [0.25, 0.3) is 11.0 Å². The van der Waals surface area contributed by atoms with Gasteiger partial charge in [0.15, 0.2) is 11.3 Å². The summed E-state index contributed by atoms with van der Waals surface area (Å²) in [6.45, 7) is 5.94. The van der Waals surface area contributed by atoms with E-state index in [0.717, 1.165) is 48.7 Å². The molecule has 148 valence electrons. The predicted octanol–water partition coefficient (Wildman–Crippen LogP) is 1.20. The van der Waals surface area contributed by atoms with Gasteiger partial charge >= 0.3 is 5.97 Å².